The van der Waals surface area contributed by atoms with Gasteiger partial charge in [0, 0.05) is 13.0 Å². The van der Waals surface area contributed by atoms with E-state index in [1.807, 2.05) is 6.07 Å². The van der Waals surface area contributed by atoms with Gasteiger partial charge >= 0.3 is 0 Å². The lowest BCUT2D eigenvalue weighted by Gasteiger charge is -2.07. The van der Waals surface area contributed by atoms with Crippen LogP contribution in [0, 0.1) is 17.1 Å². The molecular formula is C11H12ClFN2O2S. The number of halogens is 2. The number of nitriles is 1. The molecule has 0 aliphatic rings. The first-order chi connectivity index (χ1) is 8.47. The summed E-state index contributed by atoms with van der Waals surface area (Å²) in [6.45, 7) is 0.191. The SMILES string of the molecule is N#CCCCCNS(=O)(=O)c1cc(F)ccc1Cl. The molecule has 1 aromatic rings. The minimum atomic E-state index is -3.81. The van der Waals surface area contributed by atoms with Gasteiger partial charge in [-0.15, -0.1) is 0 Å². The molecule has 1 aromatic carbocycles. The van der Waals surface area contributed by atoms with Crippen molar-refractivity contribution in [1.29, 1.82) is 5.26 Å². The molecule has 98 valence electrons. The average Bonchev–Trinajstić information content (AvgIpc) is 2.32. The van der Waals surface area contributed by atoms with Crippen LogP contribution in [-0.2, 0) is 10.0 Å². The van der Waals surface area contributed by atoms with Crippen LogP contribution in [0.1, 0.15) is 19.3 Å². The topological polar surface area (TPSA) is 70.0 Å². The monoisotopic (exact) mass is 290 g/mol. The normalized spacial score (nSPS) is 11.2. The number of benzene rings is 1. The Bertz CT molecular complexity index is 555. The lowest BCUT2D eigenvalue weighted by atomic mass is 10.2. The van der Waals surface area contributed by atoms with E-state index in [0.717, 1.165) is 12.1 Å². The van der Waals surface area contributed by atoms with Gasteiger partial charge in [-0.3, -0.25) is 0 Å². The minimum Gasteiger partial charge on any atom is -0.211 e. The maximum atomic E-state index is 13.0. The summed E-state index contributed by atoms with van der Waals surface area (Å²) in [5, 5.41) is 8.30. The number of hydrogen-bond acceptors (Lipinski definition) is 3. The average molecular weight is 291 g/mol. The third-order valence-corrected chi connectivity index (χ3v) is 4.13. The first-order valence-corrected chi connectivity index (χ1v) is 7.15. The van der Waals surface area contributed by atoms with Crippen molar-refractivity contribution in [3.8, 4) is 6.07 Å². The van der Waals surface area contributed by atoms with Crippen LogP contribution >= 0.6 is 11.6 Å². The maximum Gasteiger partial charge on any atom is 0.242 e. The Labute approximate surface area is 110 Å². The third kappa shape index (κ3) is 4.26. The van der Waals surface area contributed by atoms with Gasteiger partial charge in [0.1, 0.15) is 10.7 Å². The van der Waals surface area contributed by atoms with Crippen molar-refractivity contribution in [3.63, 3.8) is 0 Å². The maximum absolute atomic E-state index is 13.0. The number of sulfonamides is 1. The Kier molecular flexibility index (Phi) is 5.54. The molecule has 0 radical (unpaired) electrons. The fraction of sp³-hybridized carbons (Fsp3) is 0.364. The minimum absolute atomic E-state index is 0.0269. The lowest BCUT2D eigenvalue weighted by Crippen LogP contribution is -2.25. The van der Waals surface area contributed by atoms with E-state index in [2.05, 4.69) is 4.72 Å². The summed E-state index contributed by atoms with van der Waals surface area (Å²) in [5.41, 5.74) is 0. The van der Waals surface area contributed by atoms with Gasteiger partial charge in [0.05, 0.1) is 11.1 Å². The first kappa shape index (κ1) is 14.9. The molecule has 0 aromatic heterocycles. The highest BCUT2D eigenvalue weighted by Gasteiger charge is 2.17. The first-order valence-electron chi connectivity index (χ1n) is 5.29. The van der Waals surface area contributed by atoms with Crippen LogP contribution in [0.15, 0.2) is 23.1 Å². The molecule has 18 heavy (non-hydrogen) atoms. The summed E-state index contributed by atoms with van der Waals surface area (Å²) in [5.74, 6) is -0.663. The van der Waals surface area contributed by atoms with Crippen molar-refractivity contribution >= 4 is 21.6 Å². The van der Waals surface area contributed by atoms with E-state index in [1.54, 1.807) is 0 Å². The number of rotatable bonds is 6. The van der Waals surface area contributed by atoms with Gasteiger partial charge in [-0.1, -0.05) is 11.6 Å². The summed E-state index contributed by atoms with van der Waals surface area (Å²) in [4.78, 5) is -0.274. The summed E-state index contributed by atoms with van der Waals surface area (Å²) in [6.07, 6.45) is 1.53. The second kappa shape index (κ2) is 6.69. The largest absolute Gasteiger partial charge is 0.242 e. The summed E-state index contributed by atoms with van der Waals surface area (Å²) >= 11 is 5.71. The van der Waals surface area contributed by atoms with E-state index in [4.69, 9.17) is 16.9 Å². The number of hydrogen-bond donors (Lipinski definition) is 1. The molecule has 0 aliphatic carbocycles. The summed E-state index contributed by atoms with van der Waals surface area (Å²) in [6, 6.07) is 5.13. The molecule has 0 saturated carbocycles. The van der Waals surface area contributed by atoms with Crippen LogP contribution in [-0.4, -0.2) is 15.0 Å². The number of nitrogens with zero attached hydrogens (tertiary/aromatic N) is 1. The standard InChI is InChI=1S/C11H12ClFN2O2S/c12-10-5-4-9(13)8-11(10)18(16,17)15-7-3-1-2-6-14/h4-5,8,15H,1-3,7H2. The zero-order valence-electron chi connectivity index (χ0n) is 9.49. The molecule has 0 fully saturated rings. The van der Waals surface area contributed by atoms with Gasteiger partial charge in [-0.25, -0.2) is 17.5 Å². The zero-order valence-corrected chi connectivity index (χ0v) is 11.1. The molecule has 1 rings (SSSR count). The predicted molar refractivity (Wildman–Crippen MR) is 66.1 cm³/mol. The smallest absolute Gasteiger partial charge is 0.211 e. The van der Waals surface area contributed by atoms with Crippen LogP contribution in [0.4, 0.5) is 4.39 Å². The molecule has 0 atom stereocenters. The van der Waals surface area contributed by atoms with Gasteiger partial charge < -0.3 is 0 Å². The van der Waals surface area contributed by atoms with Crippen LogP contribution in [0.5, 0.6) is 0 Å². The Morgan fingerprint density at radius 3 is 2.78 bits per heavy atom. The van der Waals surface area contributed by atoms with Gasteiger partial charge in [-0.05, 0) is 31.0 Å². The van der Waals surface area contributed by atoms with Crippen molar-refractivity contribution in [2.24, 2.45) is 0 Å². The molecule has 0 saturated heterocycles. The molecular weight excluding hydrogens is 279 g/mol. The van der Waals surface area contributed by atoms with Crippen molar-refractivity contribution in [2.75, 3.05) is 6.54 Å². The third-order valence-electron chi connectivity index (χ3n) is 2.19. The van der Waals surface area contributed by atoms with Crippen LogP contribution in [0.3, 0.4) is 0 Å². The molecule has 0 aliphatic heterocycles. The van der Waals surface area contributed by atoms with Gasteiger partial charge in [0.2, 0.25) is 10.0 Å². The second-order valence-corrected chi connectivity index (χ2v) is 5.73. The summed E-state index contributed by atoms with van der Waals surface area (Å²) in [7, 11) is -3.81. The second-order valence-electron chi connectivity index (χ2n) is 3.59. The van der Waals surface area contributed by atoms with E-state index in [-0.39, 0.29) is 16.5 Å². The van der Waals surface area contributed by atoms with Crippen LogP contribution in [0.25, 0.3) is 0 Å². The Balaban J connectivity index is 2.69. The van der Waals surface area contributed by atoms with Gasteiger partial charge in [-0.2, -0.15) is 5.26 Å². The number of nitrogens with one attached hydrogen (secondary N) is 1. The molecule has 7 heteroatoms. The van der Waals surface area contributed by atoms with E-state index < -0.39 is 15.8 Å². The summed E-state index contributed by atoms with van der Waals surface area (Å²) < 4.78 is 38.9. The van der Waals surface area contributed by atoms with E-state index in [0.29, 0.717) is 19.3 Å². The molecule has 4 nitrogen and oxygen atoms in total. The molecule has 0 heterocycles. The van der Waals surface area contributed by atoms with E-state index >= 15 is 0 Å². The lowest BCUT2D eigenvalue weighted by molar-refractivity contribution is 0.574. The quantitative estimate of drug-likeness (QED) is 0.818. The fourth-order valence-corrected chi connectivity index (χ4v) is 2.88. The highest BCUT2D eigenvalue weighted by atomic mass is 35.5. The Morgan fingerprint density at radius 1 is 1.39 bits per heavy atom. The molecule has 0 unspecified atom stereocenters. The van der Waals surface area contributed by atoms with Gasteiger partial charge in [0.15, 0.2) is 0 Å². The van der Waals surface area contributed by atoms with Gasteiger partial charge in [0.25, 0.3) is 0 Å². The van der Waals surface area contributed by atoms with Crippen molar-refractivity contribution in [1.82, 2.24) is 4.72 Å². The van der Waals surface area contributed by atoms with Crippen molar-refractivity contribution in [3.05, 3.63) is 29.0 Å². The van der Waals surface area contributed by atoms with Crippen molar-refractivity contribution in [2.45, 2.75) is 24.2 Å². The zero-order chi connectivity index (χ0) is 13.6. The molecule has 1 N–H and O–H groups in total. The van der Waals surface area contributed by atoms with E-state index in [9.17, 15) is 12.8 Å². The highest BCUT2D eigenvalue weighted by molar-refractivity contribution is 7.89. The van der Waals surface area contributed by atoms with Crippen LogP contribution < -0.4 is 4.72 Å². The Hall–Kier alpha value is -1.16. The van der Waals surface area contributed by atoms with E-state index in [1.165, 1.54) is 6.07 Å². The number of unbranched alkanes of at least 4 members (excludes halogenated alkanes) is 2. The fourth-order valence-electron chi connectivity index (χ4n) is 1.30. The molecule has 0 bridgehead atoms. The highest BCUT2D eigenvalue weighted by Crippen LogP contribution is 2.21. The molecule has 0 spiro atoms. The predicted octanol–water partition coefficient (Wildman–Crippen LogP) is 2.45. The Morgan fingerprint density at radius 2 is 2.11 bits per heavy atom. The van der Waals surface area contributed by atoms with Crippen LogP contribution in [0.2, 0.25) is 5.02 Å². The van der Waals surface area contributed by atoms with Crippen molar-refractivity contribution < 1.29 is 12.8 Å². The molecule has 0 amide bonds.